The summed E-state index contributed by atoms with van der Waals surface area (Å²) in [6, 6.07) is 7.52. The molecule has 11 heteroatoms. The van der Waals surface area contributed by atoms with Gasteiger partial charge < -0.3 is 15.1 Å². The quantitative estimate of drug-likeness (QED) is 0.425. The molecule has 0 atom stereocenters. The van der Waals surface area contributed by atoms with Crippen LogP contribution in [0.15, 0.2) is 41.0 Å². The zero-order valence-corrected chi connectivity index (χ0v) is 15.2. The normalized spacial score (nSPS) is 10.0. The van der Waals surface area contributed by atoms with Gasteiger partial charge in [0.05, 0.1) is 29.9 Å². The van der Waals surface area contributed by atoms with Gasteiger partial charge >= 0.3 is 11.8 Å². The molecule has 0 aliphatic rings. The number of carbonyl (C=O) groups excluding carboxylic acids is 4. The van der Waals surface area contributed by atoms with E-state index in [1.807, 2.05) is 10.9 Å². The number of benzene rings is 1. The van der Waals surface area contributed by atoms with Crippen molar-refractivity contribution in [2.45, 2.75) is 6.54 Å². The molecular weight excluding hydrogens is 399 g/mol. The number of hydrazine groups is 1. The van der Waals surface area contributed by atoms with Crippen molar-refractivity contribution < 1.29 is 23.6 Å². The van der Waals surface area contributed by atoms with Gasteiger partial charge in [-0.1, -0.05) is 23.2 Å². The highest BCUT2D eigenvalue weighted by Crippen LogP contribution is 2.20. The molecule has 0 aliphatic heterocycles. The van der Waals surface area contributed by atoms with E-state index in [0.29, 0.717) is 10.8 Å². The van der Waals surface area contributed by atoms with Crippen LogP contribution in [0.2, 0.25) is 10.0 Å². The van der Waals surface area contributed by atoms with Gasteiger partial charge in [0.1, 0.15) is 5.76 Å². The van der Waals surface area contributed by atoms with Crippen molar-refractivity contribution >= 4 is 46.8 Å². The van der Waals surface area contributed by atoms with E-state index in [4.69, 9.17) is 27.6 Å². The molecule has 1 heterocycles. The van der Waals surface area contributed by atoms with E-state index in [0.717, 1.165) is 0 Å². The monoisotopic (exact) mass is 412 g/mol. The Balaban J connectivity index is 1.71. The zero-order valence-electron chi connectivity index (χ0n) is 13.7. The van der Waals surface area contributed by atoms with Crippen LogP contribution in [0.4, 0.5) is 0 Å². The third-order valence-electron chi connectivity index (χ3n) is 3.11. The van der Waals surface area contributed by atoms with Crippen molar-refractivity contribution in [3.8, 4) is 0 Å². The van der Waals surface area contributed by atoms with E-state index < -0.39 is 30.2 Å². The number of hydrogen-bond donors (Lipinski definition) is 4. The SMILES string of the molecule is O=C(CNC(=O)c1ccc(Cl)cc1Cl)NNC(=O)C(=O)NCc1ccco1. The lowest BCUT2D eigenvalue weighted by atomic mass is 10.2. The van der Waals surface area contributed by atoms with Crippen molar-refractivity contribution in [1.29, 1.82) is 0 Å². The molecule has 0 fully saturated rings. The predicted molar refractivity (Wildman–Crippen MR) is 95.6 cm³/mol. The van der Waals surface area contributed by atoms with Gasteiger partial charge in [-0.25, -0.2) is 0 Å². The summed E-state index contributed by atoms with van der Waals surface area (Å²) in [6.45, 7) is -0.433. The topological polar surface area (TPSA) is 130 Å². The molecule has 0 spiro atoms. The molecule has 27 heavy (non-hydrogen) atoms. The third kappa shape index (κ3) is 6.32. The van der Waals surface area contributed by atoms with Gasteiger partial charge in [-0.05, 0) is 30.3 Å². The number of nitrogens with one attached hydrogen (secondary N) is 4. The number of amides is 4. The van der Waals surface area contributed by atoms with Gasteiger partial charge in [0, 0.05) is 5.02 Å². The Morgan fingerprint density at radius 3 is 2.41 bits per heavy atom. The van der Waals surface area contributed by atoms with Gasteiger partial charge in [0.25, 0.3) is 11.8 Å². The van der Waals surface area contributed by atoms with Gasteiger partial charge in [0.2, 0.25) is 0 Å². The van der Waals surface area contributed by atoms with E-state index in [1.165, 1.54) is 24.5 Å². The van der Waals surface area contributed by atoms with E-state index in [-0.39, 0.29) is 17.1 Å². The molecule has 4 amide bonds. The summed E-state index contributed by atoms with van der Waals surface area (Å²) in [6.07, 6.45) is 1.42. The Bertz CT molecular complexity index is 855. The van der Waals surface area contributed by atoms with Crippen LogP contribution in [0.25, 0.3) is 0 Å². The first-order valence-electron chi connectivity index (χ1n) is 7.49. The van der Waals surface area contributed by atoms with Crippen LogP contribution in [-0.4, -0.2) is 30.2 Å². The molecule has 9 nitrogen and oxygen atoms in total. The minimum absolute atomic E-state index is 0.0190. The van der Waals surface area contributed by atoms with Crippen LogP contribution in [-0.2, 0) is 20.9 Å². The number of rotatable bonds is 5. The Morgan fingerprint density at radius 2 is 1.74 bits per heavy atom. The lowest BCUT2D eigenvalue weighted by Gasteiger charge is -2.09. The van der Waals surface area contributed by atoms with Gasteiger partial charge in [0.15, 0.2) is 0 Å². The summed E-state index contributed by atoms with van der Waals surface area (Å²) >= 11 is 11.6. The molecule has 0 aliphatic carbocycles. The van der Waals surface area contributed by atoms with Crippen molar-refractivity contribution in [3.05, 3.63) is 58.0 Å². The maximum absolute atomic E-state index is 11.9. The van der Waals surface area contributed by atoms with Crippen LogP contribution < -0.4 is 21.5 Å². The van der Waals surface area contributed by atoms with Crippen molar-refractivity contribution in [2.24, 2.45) is 0 Å². The molecular formula is C16H14Cl2N4O5. The fourth-order valence-corrected chi connectivity index (χ4v) is 2.31. The molecule has 0 saturated heterocycles. The van der Waals surface area contributed by atoms with Crippen LogP contribution in [0.1, 0.15) is 16.1 Å². The Hall–Kier alpha value is -3.04. The van der Waals surface area contributed by atoms with Crippen molar-refractivity contribution in [1.82, 2.24) is 21.5 Å². The smallest absolute Gasteiger partial charge is 0.327 e. The van der Waals surface area contributed by atoms with Crippen LogP contribution in [0.5, 0.6) is 0 Å². The van der Waals surface area contributed by atoms with E-state index in [1.54, 1.807) is 12.1 Å². The second-order valence-electron chi connectivity index (χ2n) is 5.07. The highest BCUT2D eigenvalue weighted by molar-refractivity contribution is 6.37. The van der Waals surface area contributed by atoms with E-state index in [9.17, 15) is 19.2 Å². The fourth-order valence-electron chi connectivity index (χ4n) is 1.82. The number of furan rings is 1. The maximum Gasteiger partial charge on any atom is 0.327 e. The summed E-state index contributed by atoms with van der Waals surface area (Å²) in [5.41, 5.74) is 4.05. The summed E-state index contributed by atoms with van der Waals surface area (Å²) in [5, 5.41) is 5.10. The molecule has 1 aromatic carbocycles. The summed E-state index contributed by atoms with van der Waals surface area (Å²) in [4.78, 5) is 46.7. The second kappa shape index (κ2) is 9.60. The largest absolute Gasteiger partial charge is 0.467 e. The highest BCUT2D eigenvalue weighted by Gasteiger charge is 2.15. The molecule has 1 aromatic heterocycles. The van der Waals surface area contributed by atoms with Crippen LogP contribution >= 0.6 is 23.2 Å². The fraction of sp³-hybridized carbons (Fsp3) is 0.125. The average molecular weight is 413 g/mol. The number of carbonyl (C=O) groups is 4. The zero-order chi connectivity index (χ0) is 19.8. The summed E-state index contributed by atoms with van der Waals surface area (Å²) < 4.78 is 4.99. The Kier molecular flexibility index (Phi) is 7.21. The Labute approximate surface area is 163 Å². The summed E-state index contributed by atoms with van der Waals surface area (Å²) in [7, 11) is 0. The van der Waals surface area contributed by atoms with Crippen molar-refractivity contribution in [2.75, 3.05) is 6.54 Å². The molecule has 4 N–H and O–H groups in total. The number of hydrogen-bond acceptors (Lipinski definition) is 5. The van der Waals surface area contributed by atoms with Crippen molar-refractivity contribution in [3.63, 3.8) is 0 Å². The highest BCUT2D eigenvalue weighted by atomic mass is 35.5. The molecule has 0 saturated carbocycles. The molecule has 2 rings (SSSR count). The van der Waals surface area contributed by atoms with E-state index in [2.05, 4.69) is 10.6 Å². The predicted octanol–water partition coefficient (Wildman–Crippen LogP) is 0.780. The first-order valence-corrected chi connectivity index (χ1v) is 8.25. The van der Waals surface area contributed by atoms with Crippen LogP contribution in [0, 0.1) is 0 Å². The number of halogens is 2. The molecule has 0 radical (unpaired) electrons. The summed E-state index contributed by atoms with van der Waals surface area (Å²) in [5.74, 6) is -2.94. The Morgan fingerprint density at radius 1 is 0.963 bits per heavy atom. The van der Waals surface area contributed by atoms with Gasteiger partial charge in [-0.15, -0.1) is 0 Å². The average Bonchev–Trinajstić information content (AvgIpc) is 3.15. The van der Waals surface area contributed by atoms with Crippen LogP contribution in [0.3, 0.4) is 0 Å². The lowest BCUT2D eigenvalue weighted by molar-refractivity contribution is -0.141. The molecule has 0 unspecified atom stereocenters. The first kappa shape index (κ1) is 20.3. The molecule has 0 bridgehead atoms. The van der Waals surface area contributed by atoms with Gasteiger partial charge in [-0.2, -0.15) is 0 Å². The molecule has 142 valence electrons. The van der Waals surface area contributed by atoms with E-state index >= 15 is 0 Å². The third-order valence-corrected chi connectivity index (χ3v) is 3.66. The minimum atomic E-state index is -1.08. The first-order chi connectivity index (χ1) is 12.9. The standard InChI is InChI=1S/C16H14Cl2N4O5/c17-9-3-4-11(12(18)6-9)14(24)20-8-13(23)21-22-16(26)15(25)19-7-10-2-1-5-27-10/h1-6H,7-8H2,(H,19,25)(H,20,24)(H,21,23)(H,22,26). The second-order valence-corrected chi connectivity index (χ2v) is 5.91. The maximum atomic E-state index is 11.9. The van der Waals surface area contributed by atoms with Gasteiger partial charge in [-0.3, -0.25) is 30.0 Å². The lowest BCUT2D eigenvalue weighted by Crippen LogP contribution is -2.50. The molecule has 2 aromatic rings. The minimum Gasteiger partial charge on any atom is -0.467 e.